The number of ether oxygens (including phenoxy) is 1. The minimum absolute atomic E-state index is 0.0857. The molecular formula is C32H34F3N3O3S. The molecule has 1 aliphatic rings. The van der Waals surface area contributed by atoms with Crippen molar-refractivity contribution in [3.63, 3.8) is 0 Å². The summed E-state index contributed by atoms with van der Waals surface area (Å²) >= 11 is 1.09. The van der Waals surface area contributed by atoms with Crippen molar-refractivity contribution in [2.24, 2.45) is 4.99 Å². The molecule has 2 amide bonds. The number of hydrogen-bond acceptors (Lipinski definition) is 5. The lowest BCUT2D eigenvalue weighted by molar-refractivity contribution is -0.137. The molecule has 10 heteroatoms. The second-order valence-corrected chi connectivity index (χ2v) is 11.1. The molecule has 6 nitrogen and oxygen atoms in total. The summed E-state index contributed by atoms with van der Waals surface area (Å²) in [6.45, 7) is 3.08. The molecule has 1 atom stereocenters. The number of halogens is 3. The predicted molar refractivity (Wildman–Crippen MR) is 161 cm³/mol. The third-order valence-electron chi connectivity index (χ3n) is 6.66. The summed E-state index contributed by atoms with van der Waals surface area (Å²) in [7, 11) is 0. The molecule has 0 unspecified atom stereocenters. The molecule has 42 heavy (non-hydrogen) atoms. The summed E-state index contributed by atoms with van der Waals surface area (Å²) in [5, 5.41) is 2.34. The van der Waals surface area contributed by atoms with Gasteiger partial charge in [-0.1, -0.05) is 74.3 Å². The number of nitrogens with one attached hydrogen (secondary N) is 1. The Morgan fingerprint density at radius 1 is 1.00 bits per heavy atom. The minimum Gasteiger partial charge on any atom is -0.494 e. The maximum absolute atomic E-state index is 13.4. The van der Waals surface area contributed by atoms with E-state index < -0.39 is 17.0 Å². The Balaban J connectivity index is 1.42. The van der Waals surface area contributed by atoms with Crippen LogP contribution in [0.2, 0.25) is 0 Å². The van der Waals surface area contributed by atoms with Crippen LogP contribution in [0, 0.1) is 0 Å². The van der Waals surface area contributed by atoms with Gasteiger partial charge < -0.3 is 10.1 Å². The van der Waals surface area contributed by atoms with Crippen LogP contribution in [0.25, 0.3) is 0 Å². The highest BCUT2D eigenvalue weighted by Gasteiger charge is 2.39. The van der Waals surface area contributed by atoms with Crippen LogP contribution < -0.4 is 10.1 Å². The first-order chi connectivity index (χ1) is 20.2. The average molecular weight is 598 g/mol. The van der Waals surface area contributed by atoms with E-state index in [2.05, 4.69) is 17.2 Å². The molecule has 0 aliphatic carbocycles. The fraction of sp³-hybridized carbons (Fsp3) is 0.344. The Morgan fingerprint density at radius 2 is 1.76 bits per heavy atom. The zero-order valence-corrected chi connectivity index (χ0v) is 24.2. The van der Waals surface area contributed by atoms with E-state index in [9.17, 15) is 22.8 Å². The standard InChI is InChI=1S/C32H34F3N3O3S/c1-2-3-4-8-20-41-27-16-14-25(15-17-27)36-29(39)22-28-30(40)38(19-18-23-10-6-5-7-11-23)31(42-28)37-26-13-9-12-24(21-26)32(33,34)35/h5-7,9-17,21,28H,2-4,8,18-20,22H2,1H3,(H,36,39)/t28-/m0/s1. The van der Waals surface area contributed by atoms with Crippen LogP contribution in [0.15, 0.2) is 83.9 Å². The van der Waals surface area contributed by atoms with Crippen molar-refractivity contribution in [1.82, 2.24) is 4.90 Å². The Labute approximate surface area is 248 Å². The van der Waals surface area contributed by atoms with Gasteiger partial charge in [0.2, 0.25) is 11.8 Å². The van der Waals surface area contributed by atoms with Gasteiger partial charge in [0, 0.05) is 18.7 Å². The maximum Gasteiger partial charge on any atom is 0.416 e. The molecule has 222 valence electrons. The second kappa shape index (κ2) is 14.9. The number of alkyl halides is 3. The van der Waals surface area contributed by atoms with Gasteiger partial charge in [-0.25, -0.2) is 4.99 Å². The summed E-state index contributed by atoms with van der Waals surface area (Å²) in [6.07, 6.45) is 0.360. The van der Waals surface area contributed by atoms with Crippen molar-refractivity contribution in [3.05, 3.63) is 90.0 Å². The largest absolute Gasteiger partial charge is 0.494 e. The van der Waals surface area contributed by atoms with E-state index >= 15 is 0 Å². The number of anilines is 1. The van der Waals surface area contributed by atoms with Crippen molar-refractivity contribution in [2.75, 3.05) is 18.5 Å². The highest BCUT2D eigenvalue weighted by atomic mass is 32.2. The summed E-state index contributed by atoms with van der Waals surface area (Å²) in [6, 6.07) is 21.3. The molecule has 0 saturated carbocycles. The SMILES string of the molecule is CCCCCCOc1ccc(NC(=O)C[C@@H]2SC(=Nc3cccc(C(F)(F)F)c3)N(CCc3ccccc3)C2=O)cc1. The van der Waals surface area contributed by atoms with E-state index in [1.807, 2.05) is 30.3 Å². The van der Waals surface area contributed by atoms with E-state index in [4.69, 9.17) is 4.74 Å². The number of thioether (sulfide) groups is 1. The quantitative estimate of drug-likeness (QED) is 0.204. The minimum atomic E-state index is -4.51. The van der Waals surface area contributed by atoms with Gasteiger partial charge in [-0.3, -0.25) is 14.5 Å². The molecule has 0 spiro atoms. The molecule has 1 saturated heterocycles. The van der Waals surface area contributed by atoms with Gasteiger partial charge in [-0.05, 0) is 60.9 Å². The maximum atomic E-state index is 13.4. The predicted octanol–water partition coefficient (Wildman–Crippen LogP) is 7.87. The monoisotopic (exact) mass is 597 g/mol. The molecule has 0 radical (unpaired) electrons. The van der Waals surface area contributed by atoms with Gasteiger partial charge >= 0.3 is 6.18 Å². The van der Waals surface area contributed by atoms with Gasteiger partial charge in [-0.2, -0.15) is 13.2 Å². The van der Waals surface area contributed by atoms with Crippen LogP contribution in [0.1, 0.15) is 50.2 Å². The lowest BCUT2D eigenvalue weighted by Crippen LogP contribution is -2.35. The van der Waals surface area contributed by atoms with E-state index in [1.54, 1.807) is 24.3 Å². The van der Waals surface area contributed by atoms with Crippen molar-refractivity contribution in [1.29, 1.82) is 0 Å². The third kappa shape index (κ3) is 9.11. The highest BCUT2D eigenvalue weighted by Crippen LogP contribution is 2.35. The van der Waals surface area contributed by atoms with Crippen LogP contribution in [0.3, 0.4) is 0 Å². The first-order valence-corrected chi connectivity index (χ1v) is 14.9. The number of carbonyl (C=O) groups is 2. The van der Waals surface area contributed by atoms with Crippen LogP contribution in [-0.2, 0) is 22.2 Å². The van der Waals surface area contributed by atoms with E-state index in [1.165, 1.54) is 23.5 Å². The molecule has 1 aliphatic heterocycles. The normalized spacial score (nSPS) is 16.2. The number of rotatable bonds is 13. The van der Waals surface area contributed by atoms with Crippen LogP contribution in [-0.4, -0.2) is 40.3 Å². The summed E-state index contributed by atoms with van der Waals surface area (Å²) in [5.41, 5.74) is 0.844. The molecule has 0 bridgehead atoms. The van der Waals surface area contributed by atoms with Crippen LogP contribution in [0.4, 0.5) is 24.5 Å². The van der Waals surface area contributed by atoms with Crippen molar-refractivity contribution >= 4 is 40.1 Å². The molecule has 4 rings (SSSR count). The van der Waals surface area contributed by atoms with Crippen molar-refractivity contribution in [3.8, 4) is 5.75 Å². The van der Waals surface area contributed by atoms with Crippen molar-refractivity contribution in [2.45, 2.75) is 56.9 Å². The van der Waals surface area contributed by atoms with E-state index in [0.717, 1.165) is 54.5 Å². The number of carbonyl (C=O) groups excluding carboxylic acids is 2. The molecule has 1 fully saturated rings. The van der Waals surface area contributed by atoms with E-state index in [0.29, 0.717) is 18.7 Å². The number of nitrogens with zero attached hydrogens (tertiary/aromatic N) is 2. The summed E-state index contributed by atoms with van der Waals surface area (Å²) < 4.78 is 45.5. The van der Waals surface area contributed by atoms with Gasteiger partial charge in [0.15, 0.2) is 5.17 Å². The summed E-state index contributed by atoms with van der Waals surface area (Å²) in [5.74, 6) is 0.0663. The Hall–Kier alpha value is -3.79. The fourth-order valence-electron chi connectivity index (χ4n) is 4.41. The zero-order chi connectivity index (χ0) is 30.0. The van der Waals surface area contributed by atoms with Gasteiger partial charge in [0.05, 0.1) is 17.9 Å². The molecule has 1 heterocycles. The number of hydrogen-bond donors (Lipinski definition) is 1. The number of amides is 2. The van der Waals surface area contributed by atoms with Gasteiger partial charge in [-0.15, -0.1) is 0 Å². The van der Waals surface area contributed by atoms with Crippen LogP contribution >= 0.6 is 11.8 Å². The lowest BCUT2D eigenvalue weighted by atomic mass is 10.1. The number of amidine groups is 1. The molecular weight excluding hydrogens is 563 g/mol. The fourth-order valence-corrected chi connectivity index (χ4v) is 5.60. The Bertz CT molecular complexity index is 1360. The smallest absolute Gasteiger partial charge is 0.416 e. The molecule has 0 aromatic heterocycles. The van der Waals surface area contributed by atoms with Crippen molar-refractivity contribution < 1.29 is 27.5 Å². The zero-order valence-electron chi connectivity index (χ0n) is 23.4. The molecule has 3 aromatic rings. The average Bonchev–Trinajstić information content (AvgIpc) is 3.25. The molecule has 3 aromatic carbocycles. The highest BCUT2D eigenvalue weighted by molar-refractivity contribution is 8.15. The van der Waals surface area contributed by atoms with Crippen LogP contribution in [0.5, 0.6) is 5.75 Å². The number of unbranched alkanes of at least 4 members (excludes halogenated alkanes) is 3. The first kappa shape index (κ1) is 31.2. The number of benzene rings is 3. The van der Waals surface area contributed by atoms with Gasteiger partial charge in [0.1, 0.15) is 11.0 Å². The second-order valence-electron chi connectivity index (χ2n) is 9.96. The third-order valence-corrected chi connectivity index (χ3v) is 7.84. The Morgan fingerprint density at radius 3 is 2.48 bits per heavy atom. The topological polar surface area (TPSA) is 71.0 Å². The number of aliphatic imine (C=N–C) groups is 1. The lowest BCUT2D eigenvalue weighted by Gasteiger charge is -2.17. The Kier molecular flexibility index (Phi) is 11.1. The first-order valence-electron chi connectivity index (χ1n) is 14.0. The van der Waals surface area contributed by atoms with E-state index in [-0.39, 0.29) is 35.6 Å². The van der Waals surface area contributed by atoms with Gasteiger partial charge in [0.25, 0.3) is 0 Å². The molecule has 1 N–H and O–H groups in total. The summed E-state index contributed by atoms with van der Waals surface area (Å²) in [4.78, 5) is 32.2.